The van der Waals surface area contributed by atoms with Gasteiger partial charge in [0.05, 0.1) is 6.54 Å². The molecule has 3 aromatic rings. The van der Waals surface area contributed by atoms with E-state index >= 15 is 0 Å². The van der Waals surface area contributed by atoms with Crippen LogP contribution in [0.5, 0.6) is 5.88 Å². The quantitative estimate of drug-likeness (QED) is 0.531. The fourth-order valence-electron chi connectivity index (χ4n) is 2.13. The Labute approximate surface area is 147 Å². The summed E-state index contributed by atoms with van der Waals surface area (Å²) in [6.07, 6.45) is -7.18. The lowest BCUT2D eigenvalue weighted by Gasteiger charge is -2.14. The SMILES string of the molecule is FC(F)(F)c1cc(NCCOc2ncccc2C(F)(F)F)n2ncnc2n1. The van der Waals surface area contributed by atoms with E-state index < -0.39 is 29.5 Å². The first-order valence-electron chi connectivity index (χ1n) is 7.33. The van der Waals surface area contributed by atoms with Crippen LogP contribution >= 0.6 is 0 Å². The summed E-state index contributed by atoms with van der Waals surface area (Å²) in [5, 5.41) is 6.34. The van der Waals surface area contributed by atoms with Crippen LogP contribution < -0.4 is 10.1 Å². The van der Waals surface area contributed by atoms with Gasteiger partial charge in [-0.15, -0.1) is 0 Å². The predicted octanol–water partition coefficient (Wildman–Crippen LogP) is 3.05. The maximum Gasteiger partial charge on any atom is 0.433 e. The van der Waals surface area contributed by atoms with Crippen molar-refractivity contribution in [1.29, 1.82) is 0 Å². The summed E-state index contributed by atoms with van der Waals surface area (Å²) in [6, 6.07) is 2.64. The molecule has 0 atom stereocenters. The molecule has 1 N–H and O–H groups in total. The number of halogens is 6. The molecule has 0 aliphatic heterocycles. The molecular weight excluding hydrogens is 382 g/mol. The van der Waals surface area contributed by atoms with Crippen molar-refractivity contribution in [3.63, 3.8) is 0 Å². The number of nitrogens with one attached hydrogen (secondary N) is 1. The van der Waals surface area contributed by atoms with Gasteiger partial charge in [0.1, 0.15) is 24.3 Å². The van der Waals surface area contributed by atoms with E-state index in [0.717, 1.165) is 29.2 Å². The molecule has 3 heterocycles. The Morgan fingerprint density at radius 1 is 1.07 bits per heavy atom. The molecule has 0 aliphatic rings. The van der Waals surface area contributed by atoms with E-state index in [0.29, 0.717) is 6.07 Å². The summed E-state index contributed by atoms with van der Waals surface area (Å²) in [4.78, 5) is 10.5. The second-order valence-electron chi connectivity index (χ2n) is 5.13. The second kappa shape index (κ2) is 6.89. The summed E-state index contributed by atoms with van der Waals surface area (Å²) < 4.78 is 83.2. The molecule has 7 nitrogen and oxygen atoms in total. The fourth-order valence-corrected chi connectivity index (χ4v) is 2.13. The molecule has 13 heteroatoms. The predicted molar refractivity (Wildman–Crippen MR) is 79.0 cm³/mol. The van der Waals surface area contributed by atoms with Crippen LogP contribution in [0.25, 0.3) is 5.78 Å². The van der Waals surface area contributed by atoms with E-state index in [2.05, 4.69) is 25.4 Å². The number of aromatic nitrogens is 5. The Morgan fingerprint density at radius 3 is 2.56 bits per heavy atom. The highest BCUT2D eigenvalue weighted by Crippen LogP contribution is 2.34. The average Bonchev–Trinajstić information content (AvgIpc) is 3.06. The molecule has 0 bridgehead atoms. The maximum absolute atomic E-state index is 12.9. The Kier molecular flexibility index (Phi) is 4.76. The van der Waals surface area contributed by atoms with Crippen LogP contribution in [-0.4, -0.2) is 37.7 Å². The van der Waals surface area contributed by atoms with Gasteiger partial charge in [0.25, 0.3) is 5.78 Å². The molecule has 0 saturated carbocycles. The van der Waals surface area contributed by atoms with Crippen LogP contribution in [0.1, 0.15) is 11.3 Å². The topological polar surface area (TPSA) is 77.2 Å². The number of fused-ring (bicyclic) bond motifs is 1. The fraction of sp³-hybridized carbons (Fsp3) is 0.286. The highest BCUT2D eigenvalue weighted by atomic mass is 19.4. The lowest BCUT2D eigenvalue weighted by molar-refractivity contribution is -0.141. The molecule has 0 spiro atoms. The Hall–Kier alpha value is -3.12. The van der Waals surface area contributed by atoms with Gasteiger partial charge in [-0.1, -0.05) is 0 Å². The normalized spacial score (nSPS) is 12.4. The molecule has 27 heavy (non-hydrogen) atoms. The number of nitrogens with zero attached hydrogens (tertiary/aromatic N) is 5. The molecule has 0 amide bonds. The standard InChI is InChI=1S/C14H10F6N6O/c15-13(16,17)8-2-1-3-22-11(8)27-5-4-21-10-6-9(14(18,19)20)25-12-23-7-24-26(10)12/h1-3,6-7,21H,4-5H2. The molecule has 0 aliphatic carbocycles. The molecule has 3 rings (SSSR count). The summed E-state index contributed by atoms with van der Waals surface area (Å²) >= 11 is 0. The van der Waals surface area contributed by atoms with Gasteiger partial charge in [0.15, 0.2) is 5.69 Å². The van der Waals surface area contributed by atoms with E-state index in [-0.39, 0.29) is 24.7 Å². The smallest absolute Gasteiger partial charge is 0.433 e. The average molecular weight is 392 g/mol. The van der Waals surface area contributed by atoms with Crippen molar-refractivity contribution < 1.29 is 31.1 Å². The molecule has 0 saturated heterocycles. The van der Waals surface area contributed by atoms with Crippen molar-refractivity contribution in [2.75, 3.05) is 18.5 Å². The minimum atomic E-state index is -4.70. The Balaban J connectivity index is 1.71. The molecule has 3 aromatic heterocycles. The third-order valence-electron chi connectivity index (χ3n) is 3.27. The zero-order valence-electron chi connectivity index (χ0n) is 13.2. The lowest BCUT2D eigenvalue weighted by atomic mass is 10.2. The van der Waals surface area contributed by atoms with Gasteiger partial charge in [0, 0.05) is 12.3 Å². The largest absolute Gasteiger partial charge is 0.475 e. The van der Waals surface area contributed by atoms with Gasteiger partial charge < -0.3 is 10.1 Å². The highest BCUT2D eigenvalue weighted by Gasteiger charge is 2.35. The van der Waals surface area contributed by atoms with E-state index in [9.17, 15) is 26.3 Å². The first kappa shape index (κ1) is 18.7. The number of rotatable bonds is 5. The van der Waals surface area contributed by atoms with Crippen molar-refractivity contribution in [2.45, 2.75) is 12.4 Å². The third-order valence-corrected chi connectivity index (χ3v) is 3.27. The van der Waals surface area contributed by atoms with Crippen LogP contribution in [0.2, 0.25) is 0 Å². The van der Waals surface area contributed by atoms with Crippen molar-refractivity contribution in [3.05, 3.63) is 42.0 Å². The minimum absolute atomic E-state index is 0.0921. The number of hydrogen-bond donors (Lipinski definition) is 1. The Bertz CT molecular complexity index is 938. The van der Waals surface area contributed by atoms with Crippen LogP contribution in [0.3, 0.4) is 0 Å². The number of anilines is 1. The summed E-state index contributed by atoms with van der Waals surface area (Å²) in [5.74, 6) is -0.994. The first-order chi connectivity index (χ1) is 12.7. The summed E-state index contributed by atoms with van der Waals surface area (Å²) in [5.41, 5.74) is -2.23. The number of ether oxygens (including phenoxy) is 1. The second-order valence-corrected chi connectivity index (χ2v) is 5.13. The van der Waals surface area contributed by atoms with Crippen LogP contribution in [0, 0.1) is 0 Å². The zero-order chi connectivity index (χ0) is 19.7. The molecule has 0 aromatic carbocycles. The Morgan fingerprint density at radius 2 is 1.85 bits per heavy atom. The van der Waals surface area contributed by atoms with Crippen LogP contribution in [0.4, 0.5) is 32.2 Å². The van der Waals surface area contributed by atoms with Crippen molar-refractivity contribution in [1.82, 2.24) is 24.6 Å². The maximum atomic E-state index is 12.9. The summed E-state index contributed by atoms with van der Waals surface area (Å²) in [7, 11) is 0. The molecule has 144 valence electrons. The number of pyridine rings is 1. The van der Waals surface area contributed by atoms with Gasteiger partial charge >= 0.3 is 12.4 Å². The van der Waals surface area contributed by atoms with Crippen molar-refractivity contribution in [3.8, 4) is 5.88 Å². The van der Waals surface area contributed by atoms with Crippen molar-refractivity contribution in [2.24, 2.45) is 0 Å². The molecule has 0 radical (unpaired) electrons. The van der Waals surface area contributed by atoms with Gasteiger partial charge in [-0.3, -0.25) is 0 Å². The molecular formula is C14H10F6N6O. The highest BCUT2D eigenvalue weighted by molar-refractivity contribution is 5.45. The first-order valence-corrected chi connectivity index (χ1v) is 7.33. The van der Waals surface area contributed by atoms with Crippen LogP contribution in [-0.2, 0) is 12.4 Å². The van der Waals surface area contributed by atoms with E-state index in [1.54, 1.807) is 0 Å². The summed E-state index contributed by atoms with van der Waals surface area (Å²) in [6.45, 7) is -0.413. The zero-order valence-corrected chi connectivity index (χ0v) is 13.2. The van der Waals surface area contributed by atoms with E-state index in [1.807, 2.05) is 0 Å². The van der Waals surface area contributed by atoms with Crippen LogP contribution in [0.15, 0.2) is 30.7 Å². The monoisotopic (exact) mass is 392 g/mol. The third kappa shape index (κ3) is 4.17. The minimum Gasteiger partial charge on any atom is -0.475 e. The number of hydrogen-bond acceptors (Lipinski definition) is 6. The van der Waals surface area contributed by atoms with Gasteiger partial charge in [0.2, 0.25) is 5.88 Å². The van der Waals surface area contributed by atoms with Gasteiger partial charge in [-0.05, 0) is 12.1 Å². The molecule has 0 fully saturated rings. The van der Waals surface area contributed by atoms with E-state index in [4.69, 9.17) is 4.74 Å². The molecule has 0 unspecified atom stereocenters. The van der Waals surface area contributed by atoms with Gasteiger partial charge in [-0.25, -0.2) is 9.97 Å². The number of alkyl halides is 6. The van der Waals surface area contributed by atoms with Crippen molar-refractivity contribution >= 4 is 11.6 Å². The van der Waals surface area contributed by atoms with Gasteiger partial charge in [-0.2, -0.15) is 40.9 Å². The van der Waals surface area contributed by atoms with E-state index in [1.165, 1.54) is 0 Å². The lowest BCUT2D eigenvalue weighted by Crippen LogP contribution is -2.18.